The summed E-state index contributed by atoms with van der Waals surface area (Å²) in [6, 6.07) is 0.180. The van der Waals surface area contributed by atoms with Gasteiger partial charge in [0.25, 0.3) is 5.56 Å². The maximum atomic E-state index is 11.5. The van der Waals surface area contributed by atoms with Crippen LogP contribution in [0.1, 0.15) is 11.7 Å². The third-order valence-corrected chi connectivity index (χ3v) is 2.70. The number of hydrogen-bond acceptors (Lipinski definition) is 5. The van der Waals surface area contributed by atoms with Crippen LogP contribution in [0.15, 0.2) is 22.4 Å². The zero-order valence-electron chi connectivity index (χ0n) is 7.58. The van der Waals surface area contributed by atoms with E-state index >= 15 is 0 Å². The third-order valence-electron chi connectivity index (χ3n) is 1.95. The highest BCUT2D eigenvalue weighted by molar-refractivity contribution is 7.15. The molecule has 78 valence electrons. The summed E-state index contributed by atoms with van der Waals surface area (Å²) in [7, 11) is 0. The number of carbonyl (C=O) groups is 1. The Hall–Kier alpha value is -1.73. The van der Waals surface area contributed by atoms with E-state index in [0.29, 0.717) is 4.96 Å². The molecule has 0 aliphatic carbocycles. The maximum Gasteiger partial charge on any atom is 0.258 e. The highest BCUT2D eigenvalue weighted by Crippen LogP contribution is 2.10. The van der Waals surface area contributed by atoms with Crippen LogP contribution < -0.4 is 17.0 Å². The fraction of sp³-hybridized carbons (Fsp3) is 0.125. The highest BCUT2D eigenvalue weighted by atomic mass is 32.1. The number of rotatable bonds is 2. The average molecular weight is 224 g/mol. The standard InChI is InChI=1S/C8H8N4O2S/c9-6(7(10)14)4-3-5(13)12-1-2-15-8(12)11-4/h1-3,6H,9H2,(H2,10,14). The minimum Gasteiger partial charge on any atom is -0.368 e. The molecule has 0 bridgehead atoms. The van der Waals surface area contributed by atoms with E-state index in [1.165, 1.54) is 21.8 Å². The van der Waals surface area contributed by atoms with Gasteiger partial charge in [0.05, 0.1) is 5.69 Å². The molecule has 2 rings (SSSR count). The van der Waals surface area contributed by atoms with Crippen LogP contribution in [-0.4, -0.2) is 15.3 Å². The molecule has 0 fully saturated rings. The highest BCUT2D eigenvalue weighted by Gasteiger charge is 2.15. The second-order valence-electron chi connectivity index (χ2n) is 2.95. The van der Waals surface area contributed by atoms with Gasteiger partial charge in [-0.1, -0.05) is 0 Å². The number of nitrogens with two attached hydrogens (primary N) is 2. The van der Waals surface area contributed by atoms with Crippen molar-refractivity contribution >= 4 is 22.2 Å². The largest absolute Gasteiger partial charge is 0.368 e. The number of carbonyl (C=O) groups excluding carboxylic acids is 1. The predicted molar refractivity (Wildman–Crippen MR) is 55.5 cm³/mol. The molecule has 4 N–H and O–H groups in total. The van der Waals surface area contributed by atoms with Gasteiger partial charge in [-0.15, -0.1) is 11.3 Å². The van der Waals surface area contributed by atoms with Crippen molar-refractivity contribution in [1.29, 1.82) is 0 Å². The second kappa shape index (κ2) is 3.44. The number of fused-ring (bicyclic) bond motifs is 1. The van der Waals surface area contributed by atoms with Gasteiger partial charge in [-0.2, -0.15) is 0 Å². The lowest BCUT2D eigenvalue weighted by Gasteiger charge is -2.05. The van der Waals surface area contributed by atoms with Crippen LogP contribution in [0.5, 0.6) is 0 Å². The van der Waals surface area contributed by atoms with Crippen molar-refractivity contribution < 1.29 is 4.79 Å². The fourth-order valence-electron chi connectivity index (χ4n) is 1.16. The van der Waals surface area contributed by atoms with Gasteiger partial charge in [0.1, 0.15) is 6.04 Å². The van der Waals surface area contributed by atoms with Gasteiger partial charge < -0.3 is 11.5 Å². The molecule has 15 heavy (non-hydrogen) atoms. The van der Waals surface area contributed by atoms with Gasteiger partial charge in [0.15, 0.2) is 4.96 Å². The summed E-state index contributed by atoms with van der Waals surface area (Å²) in [4.78, 5) is 26.9. The van der Waals surface area contributed by atoms with Crippen LogP contribution in [-0.2, 0) is 4.79 Å². The zero-order valence-corrected chi connectivity index (χ0v) is 8.40. The van der Waals surface area contributed by atoms with E-state index in [9.17, 15) is 9.59 Å². The summed E-state index contributed by atoms with van der Waals surface area (Å²) in [5, 5.41) is 1.73. The molecule has 6 nitrogen and oxygen atoms in total. The van der Waals surface area contributed by atoms with E-state index < -0.39 is 11.9 Å². The molecule has 2 aromatic heterocycles. The quantitative estimate of drug-likeness (QED) is 0.699. The lowest BCUT2D eigenvalue weighted by Crippen LogP contribution is -2.30. The van der Waals surface area contributed by atoms with Gasteiger partial charge in [-0.05, 0) is 0 Å². The van der Waals surface area contributed by atoms with E-state index in [4.69, 9.17) is 11.5 Å². The normalized spacial score (nSPS) is 12.9. The van der Waals surface area contributed by atoms with Crippen molar-refractivity contribution in [2.24, 2.45) is 11.5 Å². The van der Waals surface area contributed by atoms with Gasteiger partial charge in [-0.3, -0.25) is 14.0 Å². The first-order chi connectivity index (χ1) is 7.09. The van der Waals surface area contributed by atoms with E-state index in [-0.39, 0.29) is 11.3 Å². The number of aromatic nitrogens is 2. The summed E-state index contributed by atoms with van der Waals surface area (Å²) >= 11 is 1.29. The maximum absolute atomic E-state index is 11.5. The summed E-state index contributed by atoms with van der Waals surface area (Å²) in [6.45, 7) is 0. The topological polar surface area (TPSA) is 103 Å². The summed E-state index contributed by atoms with van der Waals surface area (Å²) < 4.78 is 1.38. The second-order valence-corrected chi connectivity index (χ2v) is 3.83. The van der Waals surface area contributed by atoms with Crippen molar-refractivity contribution in [2.75, 3.05) is 0 Å². The minimum atomic E-state index is -1.04. The van der Waals surface area contributed by atoms with Crippen LogP contribution in [0.3, 0.4) is 0 Å². The van der Waals surface area contributed by atoms with Gasteiger partial charge in [0, 0.05) is 17.6 Å². The number of thiazole rings is 1. The molecule has 0 aliphatic heterocycles. The molecule has 0 aromatic carbocycles. The fourth-order valence-corrected chi connectivity index (χ4v) is 1.89. The summed E-state index contributed by atoms with van der Waals surface area (Å²) in [6.07, 6.45) is 1.61. The van der Waals surface area contributed by atoms with Crippen LogP contribution in [0, 0.1) is 0 Å². The zero-order chi connectivity index (χ0) is 11.0. The van der Waals surface area contributed by atoms with Crippen molar-refractivity contribution in [3.63, 3.8) is 0 Å². The molecule has 1 amide bonds. The molecule has 2 aromatic rings. The first kappa shape index (κ1) is 9.81. The van der Waals surface area contributed by atoms with Crippen molar-refractivity contribution in [3.05, 3.63) is 33.7 Å². The third kappa shape index (κ3) is 1.62. The molecule has 1 atom stereocenters. The minimum absolute atomic E-state index is 0.204. The lowest BCUT2D eigenvalue weighted by atomic mass is 10.2. The number of primary amides is 1. The Morgan fingerprint density at radius 3 is 3.00 bits per heavy atom. The summed E-state index contributed by atoms with van der Waals surface area (Å²) in [5.74, 6) is -0.706. The molecule has 1 unspecified atom stereocenters. The van der Waals surface area contributed by atoms with E-state index in [1.54, 1.807) is 11.6 Å². The number of amides is 1. The molecular weight excluding hydrogens is 216 g/mol. The molecule has 0 spiro atoms. The van der Waals surface area contributed by atoms with Crippen LogP contribution >= 0.6 is 11.3 Å². The van der Waals surface area contributed by atoms with E-state index in [1.807, 2.05) is 0 Å². The molecule has 2 heterocycles. The van der Waals surface area contributed by atoms with Gasteiger partial charge in [-0.25, -0.2) is 4.98 Å². The van der Waals surface area contributed by atoms with E-state index in [0.717, 1.165) is 0 Å². The van der Waals surface area contributed by atoms with Crippen LogP contribution in [0.4, 0.5) is 0 Å². The smallest absolute Gasteiger partial charge is 0.258 e. The Balaban J connectivity index is 2.64. The molecular formula is C8H8N4O2S. The van der Waals surface area contributed by atoms with E-state index in [2.05, 4.69) is 4.98 Å². The Morgan fingerprint density at radius 1 is 1.60 bits per heavy atom. The molecule has 0 saturated heterocycles. The molecule has 0 saturated carbocycles. The first-order valence-electron chi connectivity index (χ1n) is 4.11. The molecule has 7 heteroatoms. The van der Waals surface area contributed by atoms with Gasteiger partial charge >= 0.3 is 0 Å². The van der Waals surface area contributed by atoms with Gasteiger partial charge in [0.2, 0.25) is 5.91 Å². The Kier molecular flexibility index (Phi) is 2.25. The van der Waals surface area contributed by atoms with Crippen molar-refractivity contribution in [1.82, 2.24) is 9.38 Å². The SMILES string of the molecule is NC(=O)C(N)c1cc(=O)n2ccsc2n1. The average Bonchev–Trinajstić information content (AvgIpc) is 2.64. The Morgan fingerprint density at radius 2 is 2.33 bits per heavy atom. The molecule has 0 radical (unpaired) electrons. The Labute approximate surface area is 88.2 Å². The predicted octanol–water partition coefficient (Wildman–Crippen LogP) is -0.759. The van der Waals surface area contributed by atoms with Crippen molar-refractivity contribution in [3.8, 4) is 0 Å². The van der Waals surface area contributed by atoms with Crippen LogP contribution in [0.2, 0.25) is 0 Å². The number of nitrogens with zero attached hydrogens (tertiary/aromatic N) is 2. The first-order valence-corrected chi connectivity index (χ1v) is 4.99. The lowest BCUT2D eigenvalue weighted by molar-refractivity contribution is -0.119. The summed E-state index contributed by atoms with van der Waals surface area (Å²) in [5.41, 5.74) is 10.4. The molecule has 0 aliphatic rings. The monoisotopic (exact) mass is 224 g/mol. The number of hydrogen-bond donors (Lipinski definition) is 2. The van der Waals surface area contributed by atoms with Crippen molar-refractivity contribution in [2.45, 2.75) is 6.04 Å². The van der Waals surface area contributed by atoms with Crippen LogP contribution in [0.25, 0.3) is 4.96 Å². The Bertz CT molecular complexity index is 573.